The summed E-state index contributed by atoms with van der Waals surface area (Å²) in [7, 11) is 1.99. The molecule has 0 saturated heterocycles. The summed E-state index contributed by atoms with van der Waals surface area (Å²) >= 11 is 6.07. The molecule has 0 fully saturated rings. The topological polar surface area (TPSA) is 29.9 Å². The predicted octanol–water partition coefficient (Wildman–Crippen LogP) is 3.54. The first-order valence-corrected chi connectivity index (χ1v) is 7.36. The van der Waals surface area contributed by atoms with Crippen LogP contribution in [-0.4, -0.2) is 23.4 Å². The zero-order chi connectivity index (χ0) is 14.7. The van der Waals surface area contributed by atoms with Crippen molar-refractivity contribution in [2.75, 3.05) is 13.6 Å². The van der Waals surface area contributed by atoms with Crippen LogP contribution in [0.15, 0.2) is 24.3 Å². The van der Waals surface area contributed by atoms with E-state index >= 15 is 0 Å². The summed E-state index contributed by atoms with van der Waals surface area (Å²) in [5, 5.41) is 8.64. The lowest BCUT2D eigenvalue weighted by Crippen LogP contribution is -2.18. The molecule has 1 unspecified atom stereocenters. The van der Waals surface area contributed by atoms with Gasteiger partial charge >= 0.3 is 0 Å². The van der Waals surface area contributed by atoms with Crippen LogP contribution in [0.25, 0.3) is 5.69 Å². The van der Waals surface area contributed by atoms with Crippen LogP contribution in [0.3, 0.4) is 0 Å². The van der Waals surface area contributed by atoms with Crippen LogP contribution in [0.2, 0.25) is 5.02 Å². The van der Waals surface area contributed by atoms with Crippen molar-refractivity contribution in [2.45, 2.75) is 27.2 Å². The Labute approximate surface area is 126 Å². The second-order valence-corrected chi connectivity index (χ2v) is 5.84. The van der Waals surface area contributed by atoms with Crippen molar-refractivity contribution in [1.82, 2.24) is 15.1 Å². The van der Waals surface area contributed by atoms with Crippen LogP contribution in [0.5, 0.6) is 0 Å². The molecule has 0 aliphatic rings. The lowest BCUT2D eigenvalue weighted by Gasteiger charge is -2.11. The van der Waals surface area contributed by atoms with Crippen molar-refractivity contribution >= 4 is 11.6 Å². The van der Waals surface area contributed by atoms with E-state index in [1.54, 1.807) is 0 Å². The van der Waals surface area contributed by atoms with Gasteiger partial charge in [0.1, 0.15) is 0 Å². The molecule has 0 saturated carbocycles. The molecule has 20 heavy (non-hydrogen) atoms. The first kappa shape index (κ1) is 15.1. The van der Waals surface area contributed by atoms with Gasteiger partial charge in [0.15, 0.2) is 0 Å². The Morgan fingerprint density at radius 3 is 2.75 bits per heavy atom. The molecular weight excluding hydrogens is 270 g/mol. The maximum atomic E-state index is 6.07. The molecule has 1 aromatic heterocycles. The molecule has 0 aliphatic heterocycles. The van der Waals surface area contributed by atoms with E-state index in [9.17, 15) is 0 Å². The second kappa shape index (κ2) is 6.42. The summed E-state index contributed by atoms with van der Waals surface area (Å²) in [5.74, 6) is 0.592. The third kappa shape index (κ3) is 3.22. The van der Waals surface area contributed by atoms with Gasteiger partial charge in [-0.3, -0.25) is 0 Å². The van der Waals surface area contributed by atoms with E-state index < -0.39 is 0 Å². The highest BCUT2D eigenvalue weighted by Gasteiger charge is 2.15. The minimum absolute atomic E-state index is 0.592. The van der Waals surface area contributed by atoms with E-state index in [-0.39, 0.29) is 0 Å². The molecule has 3 nitrogen and oxygen atoms in total. The van der Waals surface area contributed by atoms with E-state index in [0.717, 1.165) is 29.4 Å². The number of rotatable bonds is 5. The number of nitrogens with one attached hydrogen (secondary N) is 1. The van der Waals surface area contributed by atoms with Gasteiger partial charge in [0.25, 0.3) is 0 Å². The lowest BCUT2D eigenvalue weighted by atomic mass is 9.99. The first-order chi connectivity index (χ1) is 9.52. The highest BCUT2D eigenvalue weighted by molar-refractivity contribution is 6.30. The number of aromatic nitrogens is 2. The van der Waals surface area contributed by atoms with Gasteiger partial charge in [-0.2, -0.15) is 5.10 Å². The molecule has 0 aliphatic carbocycles. The Morgan fingerprint density at radius 2 is 2.10 bits per heavy atom. The van der Waals surface area contributed by atoms with E-state index in [4.69, 9.17) is 11.6 Å². The molecule has 0 bridgehead atoms. The monoisotopic (exact) mass is 291 g/mol. The van der Waals surface area contributed by atoms with Crippen molar-refractivity contribution in [1.29, 1.82) is 0 Å². The summed E-state index contributed by atoms with van der Waals surface area (Å²) in [5.41, 5.74) is 4.66. The number of hydrogen-bond acceptors (Lipinski definition) is 2. The highest BCUT2D eigenvalue weighted by Crippen LogP contribution is 2.22. The molecule has 4 heteroatoms. The average Bonchev–Trinajstić information content (AvgIpc) is 2.67. The Morgan fingerprint density at radius 1 is 1.35 bits per heavy atom. The Bertz CT molecular complexity index is 589. The van der Waals surface area contributed by atoms with E-state index in [2.05, 4.69) is 31.2 Å². The molecule has 0 spiro atoms. The van der Waals surface area contributed by atoms with Gasteiger partial charge in [-0.05, 0) is 63.5 Å². The highest BCUT2D eigenvalue weighted by atomic mass is 35.5. The molecule has 2 rings (SSSR count). The van der Waals surface area contributed by atoms with Crippen LogP contribution in [-0.2, 0) is 6.42 Å². The molecule has 2 aromatic rings. The van der Waals surface area contributed by atoms with Crippen LogP contribution in [0, 0.1) is 19.8 Å². The van der Waals surface area contributed by atoms with Crippen molar-refractivity contribution in [2.24, 2.45) is 5.92 Å². The molecule has 1 heterocycles. The number of aryl methyl sites for hydroxylation is 1. The van der Waals surface area contributed by atoms with Gasteiger partial charge in [0, 0.05) is 10.7 Å². The fourth-order valence-electron chi connectivity index (χ4n) is 2.60. The summed E-state index contributed by atoms with van der Waals surface area (Å²) in [4.78, 5) is 0. The van der Waals surface area contributed by atoms with Crippen molar-refractivity contribution in [3.8, 4) is 5.69 Å². The number of nitrogens with zero attached hydrogens (tertiary/aromatic N) is 2. The fourth-order valence-corrected chi connectivity index (χ4v) is 2.78. The van der Waals surface area contributed by atoms with Gasteiger partial charge in [0.2, 0.25) is 0 Å². The smallest absolute Gasteiger partial charge is 0.0663 e. The molecule has 1 aromatic carbocycles. The zero-order valence-corrected chi connectivity index (χ0v) is 13.3. The summed E-state index contributed by atoms with van der Waals surface area (Å²) in [6.07, 6.45) is 1.04. The van der Waals surface area contributed by atoms with Crippen molar-refractivity contribution < 1.29 is 0 Å². The largest absolute Gasteiger partial charge is 0.319 e. The van der Waals surface area contributed by atoms with Crippen LogP contribution < -0.4 is 5.32 Å². The summed E-state index contributed by atoms with van der Waals surface area (Å²) in [6.45, 7) is 7.48. The Hall–Kier alpha value is -1.32. The maximum absolute atomic E-state index is 6.07. The maximum Gasteiger partial charge on any atom is 0.0663 e. The Kier molecular flexibility index (Phi) is 4.84. The van der Waals surface area contributed by atoms with Gasteiger partial charge in [-0.1, -0.05) is 24.6 Å². The lowest BCUT2D eigenvalue weighted by molar-refractivity contribution is 0.539. The van der Waals surface area contributed by atoms with E-state index in [1.165, 1.54) is 11.3 Å². The predicted molar refractivity (Wildman–Crippen MR) is 84.8 cm³/mol. The van der Waals surface area contributed by atoms with Crippen molar-refractivity contribution in [3.05, 3.63) is 46.2 Å². The van der Waals surface area contributed by atoms with Gasteiger partial charge in [-0.25, -0.2) is 4.68 Å². The molecule has 0 amide bonds. The zero-order valence-electron chi connectivity index (χ0n) is 12.6. The van der Waals surface area contributed by atoms with E-state index in [1.807, 2.05) is 36.0 Å². The molecule has 0 radical (unpaired) electrons. The normalized spacial score (nSPS) is 12.7. The van der Waals surface area contributed by atoms with Gasteiger partial charge < -0.3 is 5.32 Å². The quantitative estimate of drug-likeness (QED) is 0.913. The standard InChI is InChI=1S/C16H22ClN3/c1-11(10-18-4)8-16-12(2)19-20(13(16)3)15-7-5-6-14(17)9-15/h5-7,9,11,18H,8,10H2,1-4H3. The van der Waals surface area contributed by atoms with Crippen molar-refractivity contribution in [3.63, 3.8) is 0 Å². The second-order valence-electron chi connectivity index (χ2n) is 5.41. The average molecular weight is 292 g/mol. The van der Waals surface area contributed by atoms with Crippen LogP contribution in [0.1, 0.15) is 23.9 Å². The molecule has 1 N–H and O–H groups in total. The number of benzene rings is 1. The van der Waals surface area contributed by atoms with Crippen LogP contribution in [0.4, 0.5) is 0 Å². The summed E-state index contributed by atoms with van der Waals surface area (Å²) < 4.78 is 1.99. The third-order valence-corrected chi connectivity index (χ3v) is 3.83. The van der Waals surface area contributed by atoms with E-state index in [0.29, 0.717) is 5.92 Å². The Balaban J connectivity index is 2.33. The minimum atomic E-state index is 0.592. The van der Waals surface area contributed by atoms with Gasteiger partial charge in [-0.15, -0.1) is 0 Å². The van der Waals surface area contributed by atoms with Crippen LogP contribution >= 0.6 is 11.6 Å². The SMILES string of the molecule is CNCC(C)Cc1c(C)nn(-c2cccc(Cl)c2)c1C. The summed E-state index contributed by atoms with van der Waals surface area (Å²) in [6, 6.07) is 7.82. The fraction of sp³-hybridized carbons (Fsp3) is 0.438. The first-order valence-electron chi connectivity index (χ1n) is 6.98. The number of halogens is 1. The third-order valence-electron chi connectivity index (χ3n) is 3.60. The molecule has 108 valence electrons. The molecule has 1 atom stereocenters. The number of hydrogen-bond donors (Lipinski definition) is 1. The minimum Gasteiger partial charge on any atom is -0.319 e. The molecular formula is C16H22ClN3. The van der Waals surface area contributed by atoms with Gasteiger partial charge in [0.05, 0.1) is 11.4 Å².